The molecule has 4 aromatic rings. The van der Waals surface area contributed by atoms with Crippen molar-refractivity contribution in [1.82, 2.24) is 19.3 Å². The second kappa shape index (κ2) is 11.1. The fourth-order valence-electron chi connectivity index (χ4n) is 3.95. The van der Waals surface area contributed by atoms with Gasteiger partial charge in [0.2, 0.25) is 0 Å². The van der Waals surface area contributed by atoms with E-state index in [9.17, 15) is 13.6 Å². The first-order valence-corrected chi connectivity index (χ1v) is 11.6. The monoisotopic (exact) mass is 494 g/mol. The van der Waals surface area contributed by atoms with E-state index in [0.29, 0.717) is 30.1 Å². The third kappa shape index (κ3) is 5.60. The van der Waals surface area contributed by atoms with Crippen LogP contribution in [0.3, 0.4) is 0 Å². The molecule has 0 aliphatic carbocycles. The molecule has 1 amide bonds. The molecule has 3 N–H and O–H groups in total. The molecule has 2 aromatic heterocycles. The normalized spacial score (nSPS) is 11.2. The van der Waals surface area contributed by atoms with Gasteiger partial charge in [0.05, 0.1) is 11.9 Å². The third-order valence-electron chi connectivity index (χ3n) is 5.82. The Balaban J connectivity index is 1.53. The van der Waals surface area contributed by atoms with Crippen LogP contribution >= 0.6 is 0 Å². The molecular formula is C26H28F2N6O2. The fraction of sp³-hybridized carbons (Fsp3) is 0.269. The molecule has 0 aliphatic heterocycles. The van der Waals surface area contributed by atoms with Crippen LogP contribution < -0.4 is 15.8 Å². The van der Waals surface area contributed by atoms with E-state index in [2.05, 4.69) is 20.0 Å². The molecule has 4 rings (SSSR count). The van der Waals surface area contributed by atoms with Crippen LogP contribution in [0.4, 0.5) is 20.3 Å². The standard InChI is InChI=1S/C26H28F2N6O2/c1-17-15-19(7-10-21(17)25(35)33(2)13-4-3-11-29)32-23-24-31-16-22(34(24)14-12-30-23)18-5-8-20(9-6-18)36-26(27)28/h5-10,12,14-16,26H,3-4,11,13,29H2,1-2H3,(H,30,32). The number of nitrogens with one attached hydrogen (secondary N) is 1. The minimum atomic E-state index is -2.87. The number of aromatic nitrogens is 3. The Morgan fingerprint density at radius 2 is 1.94 bits per heavy atom. The lowest BCUT2D eigenvalue weighted by Gasteiger charge is -2.19. The number of alkyl halides is 2. The van der Waals surface area contributed by atoms with E-state index in [4.69, 9.17) is 5.73 Å². The number of amides is 1. The molecule has 0 saturated heterocycles. The lowest BCUT2D eigenvalue weighted by molar-refractivity contribution is -0.0498. The summed E-state index contributed by atoms with van der Waals surface area (Å²) in [6, 6.07) is 11.9. The van der Waals surface area contributed by atoms with Crippen LogP contribution in [0.5, 0.6) is 5.75 Å². The highest BCUT2D eigenvalue weighted by Gasteiger charge is 2.16. The van der Waals surface area contributed by atoms with Crippen molar-refractivity contribution in [3.63, 3.8) is 0 Å². The first-order valence-electron chi connectivity index (χ1n) is 11.6. The smallest absolute Gasteiger partial charge is 0.387 e. The van der Waals surface area contributed by atoms with Gasteiger partial charge >= 0.3 is 6.61 Å². The topological polar surface area (TPSA) is 97.8 Å². The number of nitrogens with zero attached hydrogens (tertiary/aromatic N) is 4. The molecule has 0 radical (unpaired) electrons. The number of unbranched alkanes of at least 4 members (excludes halogenated alkanes) is 1. The molecule has 0 saturated carbocycles. The lowest BCUT2D eigenvalue weighted by Crippen LogP contribution is -2.28. The van der Waals surface area contributed by atoms with Gasteiger partial charge in [-0.25, -0.2) is 9.97 Å². The Labute approximate surface area is 207 Å². The highest BCUT2D eigenvalue weighted by atomic mass is 19.3. The van der Waals surface area contributed by atoms with Crippen LogP contribution in [0, 0.1) is 6.92 Å². The van der Waals surface area contributed by atoms with E-state index in [0.717, 1.165) is 35.3 Å². The number of benzene rings is 2. The van der Waals surface area contributed by atoms with Crippen LogP contribution in [-0.4, -0.2) is 51.9 Å². The number of rotatable bonds is 10. The minimum Gasteiger partial charge on any atom is -0.435 e. The van der Waals surface area contributed by atoms with Crippen LogP contribution in [-0.2, 0) is 0 Å². The van der Waals surface area contributed by atoms with Crippen molar-refractivity contribution < 1.29 is 18.3 Å². The van der Waals surface area contributed by atoms with E-state index < -0.39 is 6.61 Å². The Morgan fingerprint density at radius 1 is 1.17 bits per heavy atom. The fourth-order valence-corrected chi connectivity index (χ4v) is 3.95. The van der Waals surface area contributed by atoms with E-state index in [1.54, 1.807) is 48.7 Å². The third-order valence-corrected chi connectivity index (χ3v) is 5.82. The van der Waals surface area contributed by atoms with Gasteiger partial charge in [-0.15, -0.1) is 0 Å². The summed E-state index contributed by atoms with van der Waals surface area (Å²) in [5.41, 5.74) is 9.96. The minimum absolute atomic E-state index is 0.0286. The average Bonchev–Trinajstić information content (AvgIpc) is 3.29. The molecular weight excluding hydrogens is 466 g/mol. The maximum Gasteiger partial charge on any atom is 0.387 e. The predicted octanol–water partition coefficient (Wildman–Crippen LogP) is 4.86. The molecule has 0 bridgehead atoms. The van der Waals surface area contributed by atoms with Gasteiger partial charge in [-0.05, 0) is 74.3 Å². The van der Waals surface area contributed by atoms with E-state index >= 15 is 0 Å². The van der Waals surface area contributed by atoms with Crippen LogP contribution in [0.15, 0.2) is 61.1 Å². The first kappa shape index (κ1) is 25.1. The van der Waals surface area contributed by atoms with Crippen LogP contribution in [0.2, 0.25) is 0 Å². The zero-order valence-electron chi connectivity index (χ0n) is 20.1. The number of carbonyl (C=O) groups excluding carboxylic acids is 1. The van der Waals surface area contributed by atoms with Crippen LogP contribution in [0.25, 0.3) is 16.9 Å². The lowest BCUT2D eigenvalue weighted by atomic mass is 10.1. The number of hydrogen-bond acceptors (Lipinski definition) is 6. The zero-order valence-corrected chi connectivity index (χ0v) is 20.1. The molecule has 2 heterocycles. The van der Waals surface area contributed by atoms with Crippen molar-refractivity contribution in [2.24, 2.45) is 5.73 Å². The molecule has 8 nitrogen and oxygen atoms in total. The summed E-state index contributed by atoms with van der Waals surface area (Å²) >= 11 is 0. The maximum atomic E-state index is 12.8. The summed E-state index contributed by atoms with van der Waals surface area (Å²) in [5, 5.41) is 3.28. The molecule has 0 aliphatic rings. The van der Waals surface area contributed by atoms with Gasteiger partial charge in [0.25, 0.3) is 5.91 Å². The van der Waals surface area contributed by atoms with Crippen molar-refractivity contribution in [1.29, 1.82) is 0 Å². The summed E-state index contributed by atoms with van der Waals surface area (Å²) in [4.78, 5) is 23.5. The maximum absolute atomic E-state index is 12.8. The van der Waals surface area contributed by atoms with Crippen molar-refractivity contribution in [2.75, 3.05) is 25.5 Å². The molecule has 36 heavy (non-hydrogen) atoms. The summed E-state index contributed by atoms with van der Waals surface area (Å²) in [7, 11) is 1.80. The summed E-state index contributed by atoms with van der Waals surface area (Å²) in [5.74, 6) is 0.601. The predicted molar refractivity (Wildman–Crippen MR) is 135 cm³/mol. The Hall–Kier alpha value is -4.05. The Bertz CT molecular complexity index is 1340. The number of hydrogen-bond donors (Lipinski definition) is 2. The summed E-state index contributed by atoms with van der Waals surface area (Å²) in [6.07, 6.45) is 6.87. The van der Waals surface area contributed by atoms with E-state index in [-0.39, 0.29) is 11.7 Å². The molecule has 0 atom stereocenters. The highest BCUT2D eigenvalue weighted by molar-refractivity contribution is 5.96. The molecule has 0 unspecified atom stereocenters. The van der Waals surface area contributed by atoms with Gasteiger partial charge in [-0.3, -0.25) is 9.20 Å². The molecule has 0 spiro atoms. The van der Waals surface area contributed by atoms with Crippen molar-refractivity contribution in [3.8, 4) is 17.0 Å². The quantitative estimate of drug-likeness (QED) is 0.306. The number of ether oxygens (including phenoxy) is 1. The number of carbonyl (C=O) groups is 1. The summed E-state index contributed by atoms with van der Waals surface area (Å²) in [6.45, 7) is 0.299. The van der Waals surface area contributed by atoms with E-state index in [1.165, 1.54) is 12.1 Å². The van der Waals surface area contributed by atoms with Crippen molar-refractivity contribution in [2.45, 2.75) is 26.4 Å². The molecule has 2 aromatic carbocycles. The Morgan fingerprint density at radius 3 is 2.64 bits per heavy atom. The number of aryl methyl sites for hydroxylation is 1. The molecule has 10 heteroatoms. The number of anilines is 2. The van der Waals surface area contributed by atoms with Gasteiger partial charge in [-0.2, -0.15) is 8.78 Å². The second-order valence-electron chi connectivity index (χ2n) is 8.39. The average molecular weight is 495 g/mol. The first-order chi connectivity index (χ1) is 17.4. The Kier molecular flexibility index (Phi) is 7.74. The van der Waals surface area contributed by atoms with E-state index in [1.807, 2.05) is 23.5 Å². The van der Waals surface area contributed by atoms with Gasteiger partial charge in [-0.1, -0.05) is 0 Å². The largest absolute Gasteiger partial charge is 0.435 e. The van der Waals surface area contributed by atoms with Crippen molar-refractivity contribution in [3.05, 3.63) is 72.2 Å². The van der Waals surface area contributed by atoms with Gasteiger partial charge < -0.3 is 20.7 Å². The van der Waals surface area contributed by atoms with Crippen LogP contribution in [0.1, 0.15) is 28.8 Å². The number of imidazole rings is 1. The highest BCUT2D eigenvalue weighted by Crippen LogP contribution is 2.27. The zero-order chi connectivity index (χ0) is 25.7. The number of nitrogens with two attached hydrogens (primary N) is 1. The number of fused-ring (bicyclic) bond motifs is 1. The van der Waals surface area contributed by atoms with Gasteiger partial charge in [0.15, 0.2) is 11.5 Å². The molecule has 0 fully saturated rings. The summed E-state index contributed by atoms with van der Waals surface area (Å²) < 4.78 is 31.1. The molecule has 188 valence electrons. The van der Waals surface area contributed by atoms with Gasteiger partial charge in [0, 0.05) is 42.8 Å². The SMILES string of the molecule is Cc1cc(Nc2nccn3c(-c4ccc(OC(F)F)cc4)cnc23)ccc1C(=O)N(C)CCCCN. The van der Waals surface area contributed by atoms with Gasteiger partial charge in [0.1, 0.15) is 5.75 Å². The number of halogens is 2. The van der Waals surface area contributed by atoms with Crippen molar-refractivity contribution >= 4 is 23.1 Å². The second-order valence-corrected chi connectivity index (χ2v) is 8.39.